The van der Waals surface area contributed by atoms with E-state index in [0.29, 0.717) is 12.8 Å². The summed E-state index contributed by atoms with van der Waals surface area (Å²) in [5.74, 6) is -0.696. The third-order valence-corrected chi connectivity index (χ3v) is 6.99. The highest BCUT2D eigenvalue weighted by atomic mass is 32.2. The van der Waals surface area contributed by atoms with Crippen molar-refractivity contribution < 1.29 is 18.4 Å². The normalized spacial score (nSPS) is 22.5. The molecule has 134 valence electrons. The molecule has 1 amide bonds. The lowest BCUT2D eigenvalue weighted by Crippen LogP contribution is -2.57. The van der Waals surface area contributed by atoms with E-state index >= 15 is 0 Å². The van der Waals surface area contributed by atoms with Crippen LogP contribution in [0.4, 0.5) is 0 Å². The number of carbonyl (C=O) groups is 1. The van der Waals surface area contributed by atoms with Gasteiger partial charge in [0.2, 0.25) is 10.0 Å². The van der Waals surface area contributed by atoms with Gasteiger partial charge in [0.05, 0.1) is 4.90 Å². The van der Waals surface area contributed by atoms with Crippen LogP contribution in [-0.4, -0.2) is 35.9 Å². The summed E-state index contributed by atoms with van der Waals surface area (Å²) >= 11 is 0. The van der Waals surface area contributed by atoms with Gasteiger partial charge in [0.25, 0.3) is 5.91 Å². The first-order chi connectivity index (χ1) is 11.9. The maximum atomic E-state index is 13.3. The quantitative estimate of drug-likeness (QED) is 0.649. The first-order valence-electron chi connectivity index (χ1n) is 8.36. The number of nitrogens with zero attached hydrogens (tertiary/aromatic N) is 1. The smallest absolute Gasteiger partial charge is 0.264 e. The molecule has 7 heteroatoms. The molecule has 1 atom stereocenters. The van der Waals surface area contributed by atoms with E-state index in [1.165, 1.54) is 4.31 Å². The van der Waals surface area contributed by atoms with Crippen LogP contribution in [0.3, 0.4) is 0 Å². The van der Waals surface area contributed by atoms with Gasteiger partial charge in [-0.1, -0.05) is 43.2 Å². The number of carbonyl (C=O) groups excluding carboxylic acids is 1. The molecule has 1 unspecified atom stereocenters. The Labute approximate surface area is 147 Å². The molecule has 2 N–H and O–H groups in total. The fourth-order valence-corrected chi connectivity index (χ4v) is 5.31. The SMILES string of the molecule is CC1(C(=O)NO)CCCCCN1S(=O)(=O)c1ccc2ccccc2c1. The van der Waals surface area contributed by atoms with E-state index in [1.54, 1.807) is 30.6 Å². The Hall–Kier alpha value is -1.96. The summed E-state index contributed by atoms with van der Waals surface area (Å²) in [6.07, 6.45) is 2.62. The van der Waals surface area contributed by atoms with Gasteiger partial charge in [0.1, 0.15) is 5.54 Å². The Bertz CT molecular complexity index is 897. The Balaban J connectivity index is 2.10. The van der Waals surface area contributed by atoms with E-state index < -0.39 is 21.5 Å². The van der Waals surface area contributed by atoms with Gasteiger partial charge in [-0.05, 0) is 42.7 Å². The topological polar surface area (TPSA) is 86.7 Å². The first kappa shape index (κ1) is 17.8. The largest absolute Gasteiger partial charge is 0.289 e. The molecular formula is C18H22N2O4S. The molecule has 0 saturated carbocycles. The van der Waals surface area contributed by atoms with Crippen molar-refractivity contribution in [2.45, 2.75) is 43.0 Å². The number of amides is 1. The van der Waals surface area contributed by atoms with Gasteiger partial charge in [0.15, 0.2) is 0 Å². The fraction of sp³-hybridized carbons (Fsp3) is 0.389. The monoisotopic (exact) mass is 362 g/mol. The van der Waals surface area contributed by atoms with Crippen LogP contribution in [0.2, 0.25) is 0 Å². The van der Waals surface area contributed by atoms with Crippen LogP contribution in [0.25, 0.3) is 10.8 Å². The Morgan fingerprint density at radius 1 is 1.12 bits per heavy atom. The second-order valence-electron chi connectivity index (χ2n) is 6.61. The summed E-state index contributed by atoms with van der Waals surface area (Å²) in [7, 11) is -3.88. The van der Waals surface area contributed by atoms with E-state index in [-0.39, 0.29) is 11.4 Å². The number of hydroxylamine groups is 1. The lowest BCUT2D eigenvalue weighted by molar-refractivity contribution is -0.138. The van der Waals surface area contributed by atoms with Crippen molar-refractivity contribution >= 4 is 26.7 Å². The van der Waals surface area contributed by atoms with E-state index in [1.807, 2.05) is 24.3 Å². The molecule has 25 heavy (non-hydrogen) atoms. The third kappa shape index (κ3) is 3.15. The van der Waals surface area contributed by atoms with Gasteiger partial charge in [-0.3, -0.25) is 10.0 Å². The highest BCUT2D eigenvalue weighted by molar-refractivity contribution is 7.89. The number of hydrogen-bond acceptors (Lipinski definition) is 4. The summed E-state index contributed by atoms with van der Waals surface area (Å²) in [4.78, 5) is 12.4. The molecule has 1 fully saturated rings. The third-order valence-electron chi connectivity index (χ3n) is 4.97. The first-order valence-corrected chi connectivity index (χ1v) is 9.80. The molecule has 3 rings (SSSR count). The van der Waals surface area contributed by atoms with Gasteiger partial charge in [-0.15, -0.1) is 0 Å². The lowest BCUT2D eigenvalue weighted by Gasteiger charge is -2.36. The number of hydrogen-bond donors (Lipinski definition) is 2. The zero-order valence-electron chi connectivity index (χ0n) is 14.1. The fourth-order valence-electron chi connectivity index (χ4n) is 3.46. The van der Waals surface area contributed by atoms with Crippen molar-refractivity contribution in [3.05, 3.63) is 42.5 Å². The number of benzene rings is 2. The van der Waals surface area contributed by atoms with E-state index in [0.717, 1.165) is 23.6 Å². The molecule has 0 bridgehead atoms. The van der Waals surface area contributed by atoms with Crippen molar-refractivity contribution in [3.8, 4) is 0 Å². The standard InChI is InChI=1S/C18H22N2O4S/c1-18(17(21)19-22)11-5-2-6-12-20(18)25(23,24)16-10-9-14-7-3-4-8-15(14)13-16/h3-4,7-10,13,22H,2,5-6,11-12H2,1H3,(H,19,21). The van der Waals surface area contributed by atoms with Crippen LogP contribution in [0, 0.1) is 0 Å². The molecule has 0 spiro atoms. The zero-order valence-corrected chi connectivity index (χ0v) is 14.9. The predicted octanol–water partition coefficient (Wildman–Crippen LogP) is 2.67. The van der Waals surface area contributed by atoms with Crippen LogP contribution < -0.4 is 5.48 Å². The van der Waals surface area contributed by atoms with Crippen LogP contribution in [0.1, 0.15) is 32.6 Å². The van der Waals surface area contributed by atoms with Crippen molar-refractivity contribution in [2.24, 2.45) is 0 Å². The lowest BCUT2D eigenvalue weighted by atomic mass is 9.95. The van der Waals surface area contributed by atoms with E-state index in [9.17, 15) is 13.2 Å². The van der Waals surface area contributed by atoms with Gasteiger partial charge in [-0.25, -0.2) is 13.9 Å². The minimum Gasteiger partial charge on any atom is -0.289 e. The molecule has 1 aliphatic rings. The van der Waals surface area contributed by atoms with Gasteiger partial charge >= 0.3 is 0 Å². The molecular weight excluding hydrogens is 340 g/mol. The number of rotatable bonds is 3. The highest BCUT2D eigenvalue weighted by Gasteiger charge is 2.46. The summed E-state index contributed by atoms with van der Waals surface area (Å²) in [5, 5.41) is 10.9. The van der Waals surface area contributed by atoms with Crippen LogP contribution in [-0.2, 0) is 14.8 Å². The van der Waals surface area contributed by atoms with E-state index in [2.05, 4.69) is 0 Å². The Morgan fingerprint density at radius 3 is 2.56 bits per heavy atom. The molecule has 1 aliphatic heterocycles. The summed E-state index contributed by atoms with van der Waals surface area (Å²) in [5.41, 5.74) is 0.331. The molecule has 1 heterocycles. The number of nitrogens with one attached hydrogen (secondary N) is 1. The Kier molecular flexibility index (Phi) is 4.81. The molecule has 1 saturated heterocycles. The molecule has 2 aromatic rings. The minimum absolute atomic E-state index is 0.157. The molecule has 2 aromatic carbocycles. The second-order valence-corrected chi connectivity index (χ2v) is 8.47. The summed E-state index contributed by atoms with van der Waals surface area (Å²) in [6.45, 7) is 1.82. The highest BCUT2D eigenvalue weighted by Crippen LogP contribution is 2.33. The van der Waals surface area contributed by atoms with E-state index in [4.69, 9.17) is 5.21 Å². The maximum Gasteiger partial charge on any atom is 0.264 e. The summed E-state index contributed by atoms with van der Waals surface area (Å²) in [6, 6.07) is 12.5. The van der Waals surface area contributed by atoms with Gasteiger partial charge < -0.3 is 0 Å². The van der Waals surface area contributed by atoms with Gasteiger partial charge in [-0.2, -0.15) is 4.31 Å². The Morgan fingerprint density at radius 2 is 1.84 bits per heavy atom. The van der Waals surface area contributed by atoms with Crippen LogP contribution >= 0.6 is 0 Å². The van der Waals surface area contributed by atoms with Crippen molar-refractivity contribution in [3.63, 3.8) is 0 Å². The second kappa shape index (κ2) is 6.74. The van der Waals surface area contributed by atoms with Crippen molar-refractivity contribution in [1.82, 2.24) is 9.79 Å². The predicted molar refractivity (Wildman–Crippen MR) is 94.6 cm³/mol. The molecule has 0 aliphatic carbocycles. The van der Waals surface area contributed by atoms with Crippen molar-refractivity contribution in [2.75, 3.05) is 6.54 Å². The maximum absolute atomic E-state index is 13.3. The number of fused-ring (bicyclic) bond motifs is 1. The molecule has 0 aromatic heterocycles. The number of sulfonamides is 1. The average molecular weight is 362 g/mol. The summed E-state index contributed by atoms with van der Waals surface area (Å²) < 4.78 is 27.8. The molecule has 0 radical (unpaired) electrons. The zero-order chi connectivity index (χ0) is 18.1. The van der Waals surface area contributed by atoms with Gasteiger partial charge in [0, 0.05) is 6.54 Å². The average Bonchev–Trinajstić information content (AvgIpc) is 2.83. The minimum atomic E-state index is -3.88. The molecule has 6 nitrogen and oxygen atoms in total. The van der Waals surface area contributed by atoms with Crippen LogP contribution in [0.15, 0.2) is 47.4 Å². The van der Waals surface area contributed by atoms with Crippen molar-refractivity contribution in [1.29, 1.82) is 0 Å². The van der Waals surface area contributed by atoms with Crippen LogP contribution in [0.5, 0.6) is 0 Å².